The van der Waals surface area contributed by atoms with Crippen molar-refractivity contribution in [2.75, 3.05) is 10.6 Å². The van der Waals surface area contributed by atoms with Crippen molar-refractivity contribution in [3.63, 3.8) is 0 Å². The zero-order valence-corrected chi connectivity index (χ0v) is 29.5. The summed E-state index contributed by atoms with van der Waals surface area (Å²) < 4.78 is 0. The van der Waals surface area contributed by atoms with Gasteiger partial charge in [-0.2, -0.15) is 0 Å². The van der Waals surface area contributed by atoms with E-state index in [1.165, 1.54) is 0 Å². The average Bonchev–Trinajstić information content (AvgIpc) is 3.03. The van der Waals surface area contributed by atoms with Crippen molar-refractivity contribution >= 4 is 35.1 Å². The van der Waals surface area contributed by atoms with Crippen molar-refractivity contribution in [2.45, 2.75) is 78.3 Å². The number of rotatable bonds is 18. The first kappa shape index (κ1) is 39.7. The largest absolute Gasteiger partial charge is 0.480 e. The van der Waals surface area contributed by atoms with E-state index >= 15 is 0 Å². The second-order valence-electron chi connectivity index (χ2n) is 14.0. The van der Waals surface area contributed by atoms with E-state index in [-0.39, 0.29) is 36.4 Å². The maximum Gasteiger partial charge on any atom is 0.326 e. The number of carboxylic acids is 2. The van der Waals surface area contributed by atoms with Crippen LogP contribution in [-0.2, 0) is 32.0 Å². The number of carbonyl (C=O) groups excluding carboxylic acids is 2. The summed E-state index contributed by atoms with van der Waals surface area (Å²) in [6.45, 7) is 9.51. The van der Waals surface area contributed by atoms with Gasteiger partial charge in [0.05, 0.1) is 10.8 Å². The third-order valence-corrected chi connectivity index (χ3v) is 7.81. The quantitative estimate of drug-likeness (QED) is 0.0698. The third-order valence-electron chi connectivity index (χ3n) is 7.81. The Bertz CT molecular complexity index is 1700. The second kappa shape index (κ2) is 18.3. The van der Waals surface area contributed by atoms with Crippen LogP contribution in [0.15, 0.2) is 90.9 Å². The smallest absolute Gasteiger partial charge is 0.326 e. The summed E-state index contributed by atoms with van der Waals surface area (Å²) in [6, 6.07) is 19.9. The van der Waals surface area contributed by atoms with Crippen LogP contribution in [-0.4, -0.2) is 51.0 Å². The Morgan fingerprint density at radius 1 is 0.765 bits per heavy atom. The predicted molar refractivity (Wildman–Crippen MR) is 194 cm³/mol. The highest BCUT2D eigenvalue weighted by molar-refractivity contribution is 5.88. The minimum Gasteiger partial charge on any atom is -0.480 e. The number of nitrogens with zero attached hydrogens (tertiary/aromatic N) is 1. The predicted octanol–water partition coefficient (Wildman–Crippen LogP) is 5.78. The molecule has 272 valence electrons. The number of hydrogen-bond acceptors (Lipinski definition) is 8. The maximum atomic E-state index is 13.7. The van der Waals surface area contributed by atoms with Gasteiger partial charge in [-0.25, -0.2) is 9.59 Å². The zero-order valence-electron chi connectivity index (χ0n) is 29.5. The standard InChI is InChI=1S/C38H47N5O8/c1-24(2)19-30(25-15-17-29(18-16-25)40-33(23-43(50)51)39-28-13-7-6-8-14-28)35(45)42-32(37(48)49)21-27-12-10-9-11-26(27)20-31(36(46)47)41-34(44)22-38(3,4)5/h6-18,23-24,30-32,39-40H,19-22H2,1-5H3,(H,41,44)(H,42,45)(H,46,47)(H,48,49)/b33-23+. The topological polar surface area (TPSA) is 200 Å². The highest BCUT2D eigenvalue weighted by atomic mass is 16.6. The van der Waals surface area contributed by atoms with E-state index in [4.69, 9.17) is 0 Å². The fourth-order valence-electron chi connectivity index (χ4n) is 5.49. The third kappa shape index (κ3) is 13.6. The molecule has 0 radical (unpaired) electrons. The summed E-state index contributed by atoms with van der Waals surface area (Å²) in [5.41, 5.74) is 2.51. The number of nitrogens with one attached hydrogen (secondary N) is 4. The molecule has 3 atom stereocenters. The van der Waals surface area contributed by atoms with Gasteiger partial charge >= 0.3 is 11.9 Å². The van der Waals surface area contributed by atoms with Crippen molar-refractivity contribution in [3.8, 4) is 0 Å². The average molecular weight is 702 g/mol. The zero-order chi connectivity index (χ0) is 37.7. The number of para-hydroxylation sites is 1. The first-order valence-corrected chi connectivity index (χ1v) is 16.7. The van der Waals surface area contributed by atoms with Crippen molar-refractivity contribution in [1.82, 2.24) is 10.6 Å². The summed E-state index contributed by atoms with van der Waals surface area (Å²) in [5.74, 6) is -3.87. The minimum absolute atomic E-state index is 0.0720. The molecule has 0 heterocycles. The number of nitro groups is 1. The molecule has 0 fully saturated rings. The first-order valence-electron chi connectivity index (χ1n) is 16.7. The van der Waals surface area contributed by atoms with Crippen LogP contribution >= 0.6 is 0 Å². The summed E-state index contributed by atoms with van der Waals surface area (Å²) in [4.78, 5) is 61.5. The molecule has 0 bridgehead atoms. The molecule has 6 N–H and O–H groups in total. The Hall–Kier alpha value is -5.72. The summed E-state index contributed by atoms with van der Waals surface area (Å²) in [5, 5.41) is 42.5. The lowest BCUT2D eigenvalue weighted by Crippen LogP contribution is -2.45. The number of aliphatic carboxylic acids is 2. The van der Waals surface area contributed by atoms with Crippen LogP contribution in [0.1, 0.15) is 70.1 Å². The van der Waals surface area contributed by atoms with E-state index in [0.29, 0.717) is 34.5 Å². The molecule has 0 aliphatic heterocycles. The van der Waals surface area contributed by atoms with E-state index in [1.54, 1.807) is 72.8 Å². The van der Waals surface area contributed by atoms with Crippen LogP contribution in [0, 0.1) is 21.4 Å². The lowest BCUT2D eigenvalue weighted by molar-refractivity contribution is -0.403. The van der Waals surface area contributed by atoms with Gasteiger partial charge in [-0.05, 0) is 58.7 Å². The lowest BCUT2D eigenvalue weighted by atomic mass is 9.88. The minimum atomic E-state index is -1.33. The van der Waals surface area contributed by atoms with E-state index < -0.39 is 46.7 Å². The van der Waals surface area contributed by atoms with Gasteiger partial charge < -0.3 is 31.5 Å². The van der Waals surface area contributed by atoms with E-state index in [0.717, 1.165) is 6.20 Å². The second-order valence-corrected chi connectivity index (χ2v) is 14.0. The molecule has 3 aromatic rings. The molecule has 0 aromatic heterocycles. The SMILES string of the molecule is CC(C)CC(C(=O)NC(Cc1ccccc1CC(NC(=O)CC(C)(C)C)C(=O)O)C(=O)O)c1ccc(N/C(=C/[N+](=O)[O-])Nc2ccccc2)cc1. The van der Waals surface area contributed by atoms with Gasteiger partial charge in [0.25, 0.3) is 6.20 Å². The van der Waals surface area contributed by atoms with Crippen LogP contribution < -0.4 is 21.3 Å². The van der Waals surface area contributed by atoms with Gasteiger partial charge in [0, 0.05) is 30.6 Å². The fraction of sp³-hybridized carbons (Fsp3) is 0.368. The monoisotopic (exact) mass is 701 g/mol. The van der Waals surface area contributed by atoms with Gasteiger partial charge in [-0.1, -0.05) is 89.2 Å². The molecule has 0 spiro atoms. The van der Waals surface area contributed by atoms with Crippen molar-refractivity contribution in [2.24, 2.45) is 11.3 Å². The molecule has 0 saturated carbocycles. The van der Waals surface area contributed by atoms with Gasteiger partial charge in [-0.3, -0.25) is 19.7 Å². The molecule has 3 rings (SSSR count). The Balaban J connectivity index is 1.79. The van der Waals surface area contributed by atoms with Crippen LogP contribution in [0.25, 0.3) is 0 Å². The van der Waals surface area contributed by atoms with E-state index in [2.05, 4.69) is 21.3 Å². The number of hydrogen-bond donors (Lipinski definition) is 6. The van der Waals surface area contributed by atoms with Gasteiger partial charge in [0.2, 0.25) is 11.8 Å². The normalized spacial score (nSPS) is 13.4. The lowest BCUT2D eigenvalue weighted by Gasteiger charge is -2.24. The van der Waals surface area contributed by atoms with Crippen LogP contribution in [0.5, 0.6) is 0 Å². The Labute approximate surface area is 297 Å². The summed E-state index contributed by atoms with van der Waals surface area (Å²) in [6.07, 6.45) is 1.17. The number of benzene rings is 3. The molecule has 3 aromatic carbocycles. The van der Waals surface area contributed by atoms with E-state index in [9.17, 15) is 39.5 Å². The van der Waals surface area contributed by atoms with Gasteiger partial charge in [0.15, 0.2) is 5.82 Å². The molecule has 13 heteroatoms. The van der Waals surface area contributed by atoms with Crippen molar-refractivity contribution in [1.29, 1.82) is 0 Å². The highest BCUT2D eigenvalue weighted by Crippen LogP contribution is 2.27. The molecular formula is C38H47N5O8. The Morgan fingerprint density at radius 3 is 1.73 bits per heavy atom. The van der Waals surface area contributed by atoms with Gasteiger partial charge in [-0.15, -0.1) is 0 Å². The molecule has 0 saturated heterocycles. The van der Waals surface area contributed by atoms with Gasteiger partial charge in [0.1, 0.15) is 12.1 Å². The number of carboxylic acid groups (broad SMARTS) is 2. The van der Waals surface area contributed by atoms with Crippen molar-refractivity contribution in [3.05, 3.63) is 118 Å². The summed E-state index contributed by atoms with van der Waals surface area (Å²) >= 11 is 0. The number of amides is 2. The summed E-state index contributed by atoms with van der Waals surface area (Å²) in [7, 11) is 0. The Kier molecular flexibility index (Phi) is 14.3. The molecule has 0 aliphatic carbocycles. The number of anilines is 2. The fourth-order valence-corrected chi connectivity index (χ4v) is 5.49. The number of carbonyl (C=O) groups is 4. The van der Waals surface area contributed by atoms with Crippen LogP contribution in [0.2, 0.25) is 0 Å². The highest BCUT2D eigenvalue weighted by Gasteiger charge is 2.29. The Morgan fingerprint density at radius 2 is 1.25 bits per heavy atom. The van der Waals surface area contributed by atoms with Crippen LogP contribution in [0.3, 0.4) is 0 Å². The van der Waals surface area contributed by atoms with Crippen molar-refractivity contribution < 1.29 is 34.3 Å². The molecule has 13 nitrogen and oxygen atoms in total. The molecular weight excluding hydrogens is 654 g/mol. The maximum absolute atomic E-state index is 13.7. The molecule has 3 unspecified atom stereocenters. The molecule has 0 aliphatic rings. The molecule has 2 amide bonds. The van der Waals surface area contributed by atoms with Crippen LogP contribution in [0.4, 0.5) is 11.4 Å². The van der Waals surface area contributed by atoms with E-state index in [1.807, 2.05) is 40.7 Å². The first-order chi connectivity index (χ1) is 24.0. The molecule has 51 heavy (non-hydrogen) atoms.